The second-order valence-electron chi connectivity index (χ2n) is 5.38. The maximum atomic E-state index is 4.34. The standard InChI is InChI=1S/C17H24N4/c1-4-5-9-21(3)17-11-16(19-13-20-17)18-12-15-8-6-7-14(2)10-15/h6-8,10-11,13H,4-5,9,12H2,1-3H3,(H,18,19,20). The third-order valence-electron chi connectivity index (χ3n) is 3.45. The molecule has 2 aromatic rings. The highest BCUT2D eigenvalue weighted by molar-refractivity contribution is 5.48. The van der Waals surface area contributed by atoms with Crippen molar-refractivity contribution in [1.82, 2.24) is 9.97 Å². The molecule has 0 fully saturated rings. The topological polar surface area (TPSA) is 41.0 Å². The van der Waals surface area contributed by atoms with E-state index in [4.69, 9.17) is 0 Å². The molecule has 0 radical (unpaired) electrons. The summed E-state index contributed by atoms with van der Waals surface area (Å²) in [6.45, 7) is 6.10. The molecule has 1 aromatic carbocycles. The molecule has 1 aromatic heterocycles. The summed E-state index contributed by atoms with van der Waals surface area (Å²) in [5.74, 6) is 1.83. The van der Waals surface area contributed by atoms with Crippen LogP contribution in [0.2, 0.25) is 0 Å². The summed E-state index contributed by atoms with van der Waals surface area (Å²) in [5, 5.41) is 3.36. The van der Waals surface area contributed by atoms with E-state index < -0.39 is 0 Å². The van der Waals surface area contributed by atoms with Crippen LogP contribution in [0, 0.1) is 6.92 Å². The fourth-order valence-corrected chi connectivity index (χ4v) is 2.18. The summed E-state index contributed by atoms with van der Waals surface area (Å²) in [5.41, 5.74) is 2.53. The van der Waals surface area contributed by atoms with Crippen molar-refractivity contribution in [3.05, 3.63) is 47.8 Å². The highest BCUT2D eigenvalue weighted by Crippen LogP contribution is 2.14. The Hall–Kier alpha value is -2.10. The lowest BCUT2D eigenvalue weighted by molar-refractivity contribution is 0.758. The van der Waals surface area contributed by atoms with E-state index in [0.29, 0.717) is 0 Å². The predicted octanol–water partition coefficient (Wildman–Crippen LogP) is 3.63. The fraction of sp³-hybridized carbons (Fsp3) is 0.412. The van der Waals surface area contributed by atoms with Crippen molar-refractivity contribution in [3.63, 3.8) is 0 Å². The van der Waals surface area contributed by atoms with E-state index in [9.17, 15) is 0 Å². The molecule has 0 atom stereocenters. The predicted molar refractivity (Wildman–Crippen MR) is 88.7 cm³/mol. The van der Waals surface area contributed by atoms with Crippen molar-refractivity contribution in [2.75, 3.05) is 23.8 Å². The first-order valence-corrected chi connectivity index (χ1v) is 7.51. The Bertz CT molecular complexity index is 568. The summed E-state index contributed by atoms with van der Waals surface area (Å²) >= 11 is 0. The van der Waals surface area contributed by atoms with Gasteiger partial charge in [-0.1, -0.05) is 43.2 Å². The monoisotopic (exact) mass is 284 g/mol. The molecule has 2 rings (SSSR count). The van der Waals surface area contributed by atoms with Crippen LogP contribution in [0.5, 0.6) is 0 Å². The molecule has 0 aliphatic rings. The zero-order valence-corrected chi connectivity index (χ0v) is 13.1. The summed E-state index contributed by atoms with van der Waals surface area (Å²) in [4.78, 5) is 10.8. The average molecular weight is 284 g/mol. The van der Waals surface area contributed by atoms with Gasteiger partial charge in [-0.2, -0.15) is 0 Å². The molecular weight excluding hydrogens is 260 g/mol. The van der Waals surface area contributed by atoms with Crippen molar-refractivity contribution in [3.8, 4) is 0 Å². The van der Waals surface area contributed by atoms with Crippen LogP contribution >= 0.6 is 0 Å². The molecular formula is C17H24N4. The van der Waals surface area contributed by atoms with E-state index in [-0.39, 0.29) is 0 Å². The van der Waals surface area contributed by atoms with Crippen LogP contribution in [0.3, 0.4) is 0 Å². The molecule has 0 saturated carbocycles. The lowest BCUT2D eigenvalue weighted by Gasteiger charge is -2.18. The van der Waals surface area contributed by atoms with Gasteiger partial charge in [-0.15, -0.1) is 0 Å². The number of unbranched alkanes of at least 4 members (excludes halogenated alkanes) is 1. The van der Waals surface area contributed by atoms with E-state index >= 15 is 0 Å². The van der Waals surface area contributed by atoms with Gasteiger partial charge >= 0.3 is 0 Å². The second-order valence-corrected chi connectivity index (χ2v) is 5.38. The van der Waals surface area contributed by atoms with E-state index in [1.165, 1.54) is 24.0 Å². The fourth-order valence-electron chi connectivity index (χ4n) is 2.18. The zero-order valence-electron chi connectivity index (χ0n) is 13.1. The van der Waals surface area contributed by atoms with Gasteiger partial charge in [0, 0.05) is 26.2 Å². The number of hydrogen-bond acceptors (Lipinski definition) is 4. The van der Waals surface area contributed by atoms with Crippen LogP contribution in [-0.2, 0) is 6.54 Å². The van der Waals surface area contributed by atoms with Gasteiger partial charge in [0.1, 0.15) is 18.0 Å². The average Bonchev–Trinajstić information content (AvgIpc) is 2.51. The number of hydrogen-bond donors (Lipinski definition) is 1. The second kappa shape index (κ2) is 7.62. The Kier molecular flexibility index (Phi) is 5.55. The Morgan fingerprint density at radius 2 is 2.05 bits per heavy atom. The van der Waals surface area contributed by atoms with Gasteiger partial charge < -0.3 is 10.2 Å². The van der Waals surface area contributed by atoms with Crippen LogP contribution in [0.4, 0.5) is 11.6 Å². The third-order valence-corrected chi connectivity index (χ3v) is 3.45. The molecule has 0 aliphatic heterocycles. The largest absolute Gasteiger partial charge is 0.366 e. The van der Waals surface area contributed by atoms with Crippen LogP contribution in [0.15, 0.2) is 36.7 Å². The highest BCUT2D eigenvalue weighted by atomic mass is 15.2. The Labute approximate surface area is 127 Å². The van der Waals surface area contributed by atoms with Crippen LogP contribution in [0.25, 0.3) is 0 Å². The Morgan fingerprint density at radius 3 is 2.81 bits per heavy atom. The molecule has 112 valence electrons. The maximum absolute atomic E-state index is 4.34. The Balaban J connectivity index is 1.97. The van der Waals surface area contributed by atoms with Crippen molar-refractivity contribution in [2.45, 2.75) is 33.2 Å². The quantitative estimate of drug-likeness (QED) is 0.843. The first kappa shape index (κ1) is 15.3. The number of benzene rings is 1. The van der Waals surface area contributed by atoms with E-state index in [2.05, 4.69) is 65.3 Å². The normalized spacial score (nSPS) is 10.4. The minimum Gasteiger partial charge on any atom is -0.366 e. The molecule has 0 bridgehead atoms. The summed E-state index contributed by atoms with van der Waals surface area (Å²) in [7, 11) is 2.07. The van der Waals surface area contributed by atoms with Gasteiger partial charge in [-0.3, -0.25) is 0 Å². The number of nitrogens with one attached hydrogen (secondary N) is 1. The summed E-state index contributed by atoms with van der Waals surface area (Å²) in [6.07, 6.45) is 3.98. The van der Waals surface area contributed by atoms with E-state index in [1.54, 1.807) is 6.33 Å². The number of aryl methyl sites for hydroxylation is 1. The van der Waals surface area contributed by atoms with Crippen LogP contribution in [-0.4, -0.2) is 23.6 Å². The van der Waals surface area contributed by atoms with Crippen LogP contribution in [0.1, 0.15) is 30.9 Å². The molecule has 21 heavy (non-hydrogen) atoms. The number of nitrogens with zero attached hydrogens (tertiary/aromatic N) is 3. The lowest BCUT2D eigenvalue weighted by atomic mass is 10.1. The van der Waals surface area contributed by atoms with Gasteiger partial charge in [0.25, 0.3) is 0 Å². The van der Waals surface area contributed by atoms with Gasteiger partial charge in [-0.25, -0.2) is 9.97 Å². The van der Waals surface area contributed by atoms with Crippen LogP contribution < -0.4 is 10.2 Å². The number of aromatic nitrogens is 2. The van der Waals surface area contributed by atoms with E-state index in [1.807, 2.05) is 6.07 Å². The SMILES string of the molecule is CCCCN(C)c1cc(NCc2cccc(C)c2)ncn1. The zero-order chi connectivity index (χ0) is 15.1. The van der Waals surface area contributed by atoms with Gasteiger partial charge in [0.2, 0.25) is 0 Å². The van der Waals surface area contributed by atoms with Crippen molar-refractivity contribution in [1.29, 1.82) is 0 Å². The molecule has 0 aliphatic carbocycles. The smallest absolute Gasteiger partial charge is 0.133 e. The highest BCUT2D eigenvalue weighted by Gasteiger charge is 2.04. The van der Waals surface area contributed by atoms with Crippen molar-refractivity contribution >= 4 is 11.6 Å². The first-order valence-electron chi connectivity index (χ1n) is 7.51. The van der Waals surface area contributed by atoms with E-state index in [0.717, 1.165) is 24.7 Å². The number of rotatable bonds is 7. The van der Waals surface area contributed by atoms with Gasteiger partial charge in [0.05, 0.1) is 0 Å². The molecule has 1 N–H and O–H groups in total. The first-order chi connectivity index (χ1) is 10.2. The summed E-state index contributed by atoms with van der Waals surface area (Å²) in [6, 6.07) is 10.5. The van der Waals surface area contributed by atoms with Gasteiger partial charge in [0.15, 0.2) is 0 Å². The minimum absolute atomic E-state index is 0.775. The summed E-state index contributed by atoms with van der Waals surface area (Å²) < 4.78 is 0. The van der Waals surface area contributed by atoms with Gasteiger partial charge in [-0.05, 0) is 18.9 Å². The molecule has 0 amide bonds. The molecule has 4 nitrogen and oxygen atoms in total. The molecule has 1 heterocycles. The molecule has 0 saturated heterocycles. The minimum atomic E-state index is 0.775. The molecule has 0 spiro atoms. The van der Waals surface area contributed by atoms with Crippen molar-refractivity contribution < 1.29 is 0 Å². The number of anilines is 2. The lowest BCUT2D eigenvalue weighted by Crippen LogP contribution is -2.19. The Morgan fingerprint density at radius 1 is 1.19 bits per heavy atom. The van der Waals surface area contributed by atoms with Crippen molar-refractivity contribution in [2.24, 2.45) is 0 Å². The third kappa shape index (κ3) is 4.74. The molecule has 0 unspecified atom stereocenters. The maximum Gasteiger partial charge on any atom is 0.133 e. The molecule has 4 heteroatoms.